The van der Waals surface area contributed by atoms with Gasteiger partial charge >= 0.3 is 5.97 Å². The minimum absolute atomic E-state index is 0.199. The number of carbonyl (C=O) groups excluding carboxylic acids is 2. The molecule has 1 aromatic rings. The van der Waals surface area contributed by atoms with Gasteiger partial charge in [-0.1, -0.05) is 0 Å². The van der Waals surface area contributed by atoms with E-state index >= 15 is 0 Å². The third-order valence-electron chi connectivity index (χ3n) is 3.04. The lowest BCUT2D eigenvalue weighted by Crippen LogP contribution is -2.29. The molecule has 0 unspecified atom stereocenters. The van der Waals surface area contributed by atoms with Crippen molar-refractivity contribution in [3.63, 3.8) is 0 Å². The molecule has 1 fully saturated rings. The maximum absolute atomic E-state index is 11.8. The standard InChI is InChI=1S/C14H16N2O5/c17-12(18)8-15-13(19)9-3-5-10(6-4-9)16-14(20)11-2-1-7-21-11/h3-6,11H,1-2,7-8H2,(H,15,19)(H,16,20)(H,17,18)/t11-/m0/s1. The quantitative estimate of drug-likeness (QED) is 0.738. The van der Waals surface area contributed by atoms with Crippen LogP contribution in [0.3, 0.4) is 0 Å². The minimum atomic E-state index is -1.11. The van der Waals surface area contributed by atoms with Crippen LogP contribution in [0.2, 0.25) is 0 Å². The van der Waals surface area contributed by atoms with Crippen molar-refractivity contribution in [2.45, 2.75) is 18.9 Å². The van der Waals surface area contributed by atoms with Gasteiger partial charge in [0, 0.05) is 17.9 Å². The average Bonchev–Trinajstić information content (AvgIpc) is 3.00. The first kappa shape index (κ1) is 15.0. The Morgan fingerprint density at radius 3 is 2.52 bits per heavy atom. The van der Waals surface area contributed by atoms with E-state index < -0.39 is 24.5 Å². The number of nitrogens with one attached hydrogen (secondary N) is 2. The number of anilines is 1. The van der Waals surface area contributed by atoms with Crippen LogP contribution >= 0.6 is 0 Å². The predicted octanol–water partition coefficient (Wildman–Crippen LogP) is 0.618. The Hall–Kier alpha value is -2.41. The average molecular weight is 292 g/mol. The highest BCUT2D eigenvalue weighted by Crippen LogP contribution is 2.15. The van der Waals surface area contributed by atoms with Crippen LogP contribution < -0.4 is 10.6 Å². The number of aliphatic carboxylic acids is 1. The van der Waals surface area contributed by atoms with Crippen molar-refractivity contribution in [3.8, 4) is 0 Å². The van der Waals surface area contributed by atoms with Gasteiger partial charge in [-0.25, -0.2) is 0 Å². The first-order chi connectivity index (χ1) is 10.1. The van der Waals surface area contributed by atoms with Crippen LogP contribution in [-0.2, 0) is 14.3 Å². The van der Waals surface area contributed by atoms with E-state index in [9.17, 15) is 14.4 Å². The molecule has 2 rings (SSSR count). The number of amides is 2. The Morgan fingerprint density at radius 2 is 1.95 bits per heavy atom. The summed E-state index contributed by atoms with van der Waals surface area (Å²) in [7, 11) is 0. The Kier molecular flexibility index (Phi) is 4.89. The molecule has 0 bridgehead atoms. The van der Waals surface area contributed by atoms with E-state index in [-0.39, 0.29) is 5.91 Å². The summed E-state index contributed by atoms with van der Waals surface area (Å²) in [6.07, 6.45) is 1.17. The van der Waals surface area contributed by atoms with E-state index in [1.165, 1.54) is 12.1 Å². The Bertz CT molecular complexity index is 535. The van der Waals surface area contributed by atoms with E-state index in [1.807, 2.05) is 0 Å². The lowest BCUT2D eigenvalue weighted by atomic mass is 10.2. The van der Waals surface area contributed by atoms with E-state index in [4.69, 9.17) is 9.84 Å². The van der Waals surface area contributed by atoms with Gasteiger partial charge in [0.25, 0.3) is 11.8 Å². The molecule has 112 valence electrons. The van der Waals surface area contributed by atoms with Crippen LogP contribution in [-0.4, -0.2) is 42.1 Å². The van der Waals surface area contributed by atoms with Crippen molar-refractivity contribution in [1.82, 2.24) is 5.32 Å². The number of carboxylic acid groups (broad SMARTS) is 1. The van der Waals surface area contributed by atoms with E-state index in [2.05, 4.69) is 10.6 Å². The van der Waals surface area contributed by atoms with Gasteiger partial charge in [0.2, 0.25) is 0 Å². The number of hydrogen-bond donors (Lipinski definition) is 3. The number of carboxylic acids is 1. The zero-order valence-electron chi connectivity index (χ0n) is 11.3. The van der Waals surface area contributed by atoms with Crippen molar-refractivity contribution in [2.75, 3.05) is 18.5 Å². The zero-order chi connectivity index (χ0) is 15.2. The fourth-order valence-corrected chi connectivity index (χ4v) is 1.97. The van der Waals surface area contributed by atoms with Gasteiger partial charge in [0.05, 0.1) is 0 Å². The number of benzene rings is 1. The molecule has 1 heterocycles. The Morgan fingerprint density at radius 1 is 1.24 bits per heavy atom. The summed E-state index contributed by atoms with van der Waals surface area (Å²) >= 11 is 0. The van der Waals surface area contributed by atoms with Gasteiger partial charge in [-0.05, 0) is 37.1 Å². The molecule has 7 heteroatoms. The third kappa shape index (κ3) is 4.28. The summed E-state index contributed by atoms with van der Waals surface area (Å²) < 4.78 is 5.27. The van der Waals surface area contributed by atoms with Gasteiger partial charge in [-0.15, -0.1) is 0 Å². The molecule has 2 amide bonds. The molecule has 0 aliphatic carbocycles. The monoisotopic (exact) mass is 292 g/mol. The molecule has 1 aromatic carbocycles. The number of rotatable bonds is 5. The first-order valence-corrected chi connectivity index (χ1v) is 6.59. The molecule has 0 saturated carbocycles. The molecule has 3 N–H and O–H groups in total. The highest BCUT2D eigenvalue weighted by molar-refractivity contribution is 5.97. The molecule has 0 aromatic heterocycles. The van der Waals surface area contributed by atoms with Crippen LogP contribution in [0.25, 0.3) is 0 Å². The first-order valence-electron chi connectivity index (χ1n) is 6.59. The van der Waals surface area contributed by atoms with Gasteiger partial charge in [-0.3, -0.25) is 14.4 Å². The maximum atomic E-state index is 11.8. The van der Waals surface area contributed by atoms with E-state index in [0.717, 1.165) is 6.42 Å². The lowest BCUT2D eigenvalue weighted by Gasteiger charge is -2.10. The minimum Gasteiger partial charge on any atom is -0.480 e. The Balaban J connectivity index is 1.90. The molecule has 1 aliphatic heterocycles. The molecule has 1 atom stereocenters. The predicted molar refractivity (Wildman–Crippen MR) is 74.0 cm³/mol. The van der Waals surface area contributed by atoms with E-state index in [0.29, 0.717) is 24.3 Å². The molecule has 21 heavy (non-hydrogen) atoms. The fourth-order valence-electron chi connectivity index (χ4n) is 1.97. The van der Waals surface area contributed by atoms with Crippen molar-refractivity contribution < 1.29 is 24.2 Å². The molecule has 7 nitrogen and oxygen atoms in total. The normalized spacial score (nSPS) is 17.2. The van der Waals surface area contributed by atoms with E-state index in [1.54, 1.807) is 12.1 Å². The molecular formula is C14H16N2O5. The highest BCUT2D eigenvalue weighted by Gasteiger charge is 2.23. The summed E-state index contributed by atoms with van der Waals surface area (Å²) in [6.45, 7) is 0.164. The van der Waals surface area contributed by atoms with Crippen LogP contribution in [0.4, 0.5) is 5.69 Å². The Labute approximate surface area is 121 Å². The van der Waals surface area contributed by atoms with Gasteiger partial charge in [-0.2, -0.15) is 0 Å². The second kappa shape index (κ2) is 6.85. The molecule has 0 radical (unpaired) electrons. The largest absolute Gasteiger partial charge is 0.480 e. The molecule has 1 saturated heterocycles. The highest BCUT2D eigenvalue weighted by atomic mass is 16.5. The number of hydrogen-bond acceptors (Lipinski definition) is 4. The van der Waals surface area contributed by atoms with Crippen molar-refractivity contribution in [2.24, 2.45) is 0 Å². The van der Waals surface area contributed by atoms with Crippen LogP contribution in [0.15, 0.2) is 24.3 Å². The summed E-state index contributed by atoms with van der Waals surface area (Å²) in [5, 5.41) is 13.5. The molecule has 1 aliphatic rings. The van der Waals surface area contributed by atoms with Crippen LogP contribution in [0.5, 0.6) is 0 Å². The third-order valence-corrected chi connectivity index (χ3v) is 3.04. The maximum Gasteiger partial charge on any atom is 0.322 e. The van der Waals surface area contributed by atoms with Crippen molar-refractivity contribution in [1.29, 1.82) is 0 Å². The SMILES string of the molecule is O=C(O)CNC(=O)c1ccc(NC(=O)[C@@H]2CCCO2)cc1. The molecule has 0 spiro atoms. The van der Waals surface area contributed by atoms with Gasteiger partial charge in [0.1, 0.15) is 12.6 Å². The van der Waals surface area contributed by atoms with Crippen LogP contribution in [0, 0.1) is 0 Å². The smallest absolute Gasteiger partial charge is 0.322 e. The molecular weight excluding hydrogens is 276 g/mol. The number of ether oxygens (including phenoxy) is 1. The lowest BCUT2D eigenvalue weighted by molar-refractivity contribution is -0.135. The van der Waals surface area contributed by atoms with Crippen molar-refractivity contribution in [3.05, 3.63) is 29.8 Å². The number of carbonyl (C=O) groups is 3. The zero-order valence-corrected chi connectivity index (χ0v) is 11.3. The summed E-state index contributed by atoms with van der Waals surface area (Å²) in [5.41, 5.74) is 0.886. The van der Waals surface area contributed by atoms with Crippen molar-refractivity contribution >= 4 is 23.5 Å². The van der Waals surface area contributed by atoms with Crippen LogP contribution in [0.1, 0.15) is 23.2 Å². The summed E-state index contributed by atoms with van der Waals surface area (Å²) in [5.74, 6) is -1.78. The summed E-state index contributed by atoms with van der Waals surface area (Å²) in [6, 6.07) is 6.20. The fraction of sp³-hybridized carbons (Fsp3) is 0.357. The second-order valence-corrected chi connectivity index (χ2v) is 4.64. The van der Waals surface area contributed by atoms with Gasteiger partial charge in [0.15, 0.2) is 0 Å². The topological polar surface area (TPSA) is 105 Å². The summed E-state index contributed by atoms with van der Waals surface area (Å²) in [4.78, 5) is 33.8. The van der Waals surface area contributed by atoms with Gasteiger partial charge < -0.3 is 20.5 Å². The second-order valence-electron chi connectivity index (χ2n) is 4.64.